The first-order valence-corrected chi connectivity index (χ1v) is 5.72. The van der Waals surface area contributed by atoms with E-state index in [1.165, 1.54) is 6.07 Å². The quantitative estimate of drug-likeness (QED) is 0.287. The summed E-state index contributed by atoms with van der Waals surface area (Å²) in [5, 5.41) is 8.03. The van der Waals surface area contributed by atoms with E-state index in [-0.39, 0.29) is 10.6 Å². The van der Waals surface area contributed by atoms with Crippen LogP contribution in [-0.2, 0) is 4.57 Å². The van der Waals surface area contributed by atoms with Crippen molar-refractivity contribution in [3.8, 4) is 0 Å². The minimum atomic E-state index is -4.73. The molecule has 15 heavy (non-hydrogen) atoms. The molecule has 0 aliphatic heterocycles. The number of carboxylic acids is 1. The molecule has 0 aliphatic carbocycles. The van der Waals surface area contributed by atoms with Gasteiger partial charge in [0.1, 0.15) is 5.30 Å². The Morgan fingerprint density at radius 3 is 2.33 bits per heavy atom. The fourth-order valence-electron chi connectivity index (χ4n) is 1.08. The van der Waals surface area contributed by atoms with Crippen molar-refractivity contribution in [3.05, 3.63) is 17.7 Å². The molecule has 0 atom stereocenters. The van der Waals surface area contributed by atoms with Gasteiger partial charge in [-0.1, -0.05) is 0 Å². The van der Waals surface area contributed by atoms with Crippen molar-refractivity contribution in [1.82, 2.24) is 0 Å². The van der Waals surface area contributed by atoms with Crippen LogP contribution < -0.4 is 11.0 Å². The third-order valence-corrected chi connectivity index (χ3v) is 3.17. The monoisotopic (exact) mass is 249 g/mol. The minimum absolute atomic E-state index is 0.123. The number of hydrogen-bond acceptors (Lipinski definition) is 4. The largest absolute Gasteiger partial charge is 0.478 e. The lowest BCUT2D eigenvalue weighted by atomic mass is 10.2. The average Bonchev–Trinajstić information content (AvgIpc) is 2.06. The Hall–Kier alpha value is -1.01. The number of aromatic carboxylic acids is 1. The molecule has 0 radical (unpaired) electrons. The highest BCUT2D eigenvalue weighted by Crippen LogP contribution is 2.39. The Morgan fingerprint density at radius 2 is 1.93 bits per heavy atom. The Balaban J connectivity index is 3.64. The predicted molar refractivity (Wildman–Crippen MR) is 56.7 cm³/mol. The van der Waals surface area contributed by atoms with Gasteiger partial charge >= 0.3 is 13.6 Å². The van der Waals surface area contributed by atoms with Crippen molar-refractivity contribution in [2.75, 3.05) is 5.73 Å². The molecule has 0 heterocycles. The van der Waals surface area contributed by atoms with Crippen LogP contribution >= 0.6 is 20.2 Å². The third kappa shape index (κ3) is 2.32. The van der Waals surface area contributed by atoms with Gasteiger partial charge < -0.3 is 20.6 Å². The Kier molecular flexibility index (Phi) is 3.11. The van der Waals surface area contributed by atoms with E-state index in [9.17, 15) is 9.36 Å². The van der Waals surface area contributed by atoms with Gasteiger partial charge in [-0.05, 0) is 12.1 Å². The molecule has 1 aromatic carbocycles. The highest BCUT2D eigenvalue weighted by Gasteiger charge is 2.28. The van der Waals surface area contributed by atoms with Gasteiger partial charge in [0, 0.05) is 4.90 Å². The second-order valence-corrected chi connectivity index (χ2v) is 4.76. The molecule has 0 unspecified atom stereocenters. The molecule has 8 heteroatoms. The van der Waals surface area contributed by atoms with Crippen molar-refractivity contribution in [3.63, 3.8) is 0 Å². The summed E-state index contributed by atoms with van der Waals surface area (Å²) >= 11 is 3.85. The zero-order valence-electron chi connectivity index (χ0n) is 7.28. The first kappa shape index (κ1) is 12.1. The van der Waals surface area contributed by atoms with Crippen LogP contribution in [0.5, 0.6) is 0 Å². The van der Waals surface area contributed by atoms with Gasteiger partial charge in [-0.25, -0.2) is 4.79 Å². The maximum Gasteiger partial charge on any atom is 0.359 e. The van der Waals surface area contributed by atoms with Gasteiger partial charge in [-0.2, -0.15) is 0 Å². The Morgan fingerprint density at radius 1 is 1.40 bits per heavy atom. The Labute approximate surface area is 90.3 Å². The van der Waals surface area contributed by atoms with E-state index in [1.54, 1.807) is 0 Å². The molecule has 1 rings (SSSR count). The fraction of sp³-hybridized carbons (Fsp3) is 0. The summed E-state index contributed by atoms with van der Waals surface area (Å²) in [6.07, 6.45) is 0. The molecular formula is C7H8NO5PS. The molecule has 1 aromatic rings. The normalized spacial score (nSPS) is 11.4. The van der Waals surface area contributed by atoms with Gasteiger partial charge in [-0.15, -0.1) is 12.6 Å². The average molecular weight is 249 g/mol. The lowest BCUT2D eigenvalue weighted by molar-refractivity contribution is 0.0697. The highest BCUT2D eigenvalue weighted by molar-refractivity contribution is 7.80. The van der Waals surface area contributed by atoms with Crippen LogP contribution in [0.4, 0.5) is 5.69 Å². The van der Waals surface area contributed by atoms with Crippen LogP contribution in [0.15, 0.2) is 17.0 Å². The number of rotatable bonds is 2. The van der Waals surface area contributed by atoms with E-state index < -0.39 is 24.4 Å². The van der Waals surface area contributed by atoms with Crippen molar-refractivity contribution in [2.45, 2.75) is 4.90 Å². The number of carbonyl (C=O) groups is 1. The lowest BCUT2D eigenvalue weighted by Crippen LogP contribution is -2.20. The predicted octanol–water partition coefficient (Wildman–Crippen LogP) is 0.0587. The van der Waals surface area contributed by atoms with E-state index in [0.29, 0.717) is 0 Å². The number of nitrogens with two attached hydrogens (primary N) is 1. The van der Waals surface area contributed by atoms with Gasteiger partial charge in [0.2, 0.25) is 0 Å². The molecule has 0 spiro atoms. The number of benzene rings is 1. The molecule has 82 valence electrons. The number of hydrogen-bond donors (Lipinski definition) is 5. The molecule has 0 fully saturated rings. The van der Waals surface area contributed by atoms with Crippen LogP contribution in [0, 0.1) is 0 Å². The van der Waals surface area contributed by atoms with Gasteiger partial charge in [0.05, 0.1) is 11.3 Å². The molecule has 0 saturated heterocycles. The number of thiol groups is 1. The summed E-state index contributed by atoms with van der Waals surface area (Å²) in [5.74, 6) is -1.45. The summed E-state index contributed by atoms with van der Waals surface area (Å²) in [5.41, 5.74) is 4.55. The summed E-state index contributed by atoms with van der Waals surface area (Å²) in [4.78, 5) is 28.7. The van der Waals surface area contributed by atoms with Crippen molar-refractivity contribution < 1.29 is 24.3 Å². The first-order valence-electron chi connectivity index (χ1n) is 3.66. The molecule has 0 bridgehead atoms. The summed E-state index contributed by atoms with van der Waals surface area (Å²) in [6, 6.07) is 2.32. The summed E-state index contributed by atoms with van der Waals surface area (Å²) in [7, 11) is -4.73. The second-order valence-electron chi connectivity index (χ2n) is 2.74. The summed E-state index contributed by atoms with van der Waals surface area (Å²) < 4.78 is 11.0. The van der Waals surface area contributed by atoms with Crippen LogP contribution in [0.3, 0.4) is 0 Å². The van der Waals surface area contributed by atoms with E-state index in [4.69, 9.17) is 20.6 Å². The second kappa shape index (κ2) is 3.86. The molecule has 6 nitrogen and oxygen atoms in total. The van der Waals surface area contributed by atoms with Crippen molar-refractivity contribution in [2.24, 2.45) is 0 Å². The number of carboxylic acid groups (broad SMARTS) is 1. The maximum absolute atomic E-state index is 11.0. The number of nitrogen functional groups attached to an aromatic ring is 1. The fourth-order valence-corrected chi connectivity index (χ4v) is 2.28. The smallest absolute Gasteiger partial charge is 0.359 e. The zero-order valence-corrected chi connectivity index (χ0v) is 9.07. The first-order chi connectivity index (χ1) is 6.75. The van der Waals surface area contributed by atoms with E-state index in [0.717, 1.165) is 6.07 Å². The van der Waals surface area contributed by atoms with Crippen molar-refractivity contribution in [1.29, 1.82) is 0 Å². The van der Waals surface area contributed by atoms with Gasteiger partial charge in [0.15, 0.2) is 0 Å². The molecule has 0 amide bonds. The molecule has 5 N–H and O–H groups in total. The third-order valence-electron chi connectivity index (χ3n) is 1.72. The van der Waals surface area contributed by atoms with Crippen LogP contribution in [0.2, 0.25) is 0 Å². The summed E-state index contributed by atoms with van der Waals surface area (Å²) in [6.45, 7) is 0. The highest BCUT2D eigenvalue weighted by atomic mass is 32.1. The molecule has 0 saturated carbocycles. The van der Waals surface area contributed by atoms with Crippen LogP contribution in [0.1, 0.15) is 10.4 Å². The number of anilines is 1. The van der Waals surface area contributed by atoms with Gasteiger partial charge in [0.25, 0.3) is 0 Å². The SMILES string of the molecule is Nc1c(S)ccc(C(=O)O)c1P(=O)(O)O. The van der Waals surface area contributed by atoms with Crippen LogP contribution in [0.25, 0.3) is 0 Å². The molecule has 0 aliphatic rings. The van der Waals surface area contributed by atoms with E-state index in [1.807, 2.05) is 0 Å². The topological polar surface area (TPSA) is 121 Å². The van der Waals surface area contributed by atoms with E-state index >= 15 is 0 Å². The lowest BCUT2D eigenvalue weighted by Gasteiger charge is -2.12. The maximum atomic E-state index is 11.0. The molecular weight excluding hydrogens is 241 g/mol. The Bertz CT molecular complexity index is 469. The zero-order chi connectivity index (χ0) is 11.8. The van der Waals surface area contributed by atoms with Crippen LogP contribution in [-0.4, -0.2) is 20.9 Å². The minimum Gasteiger partial charge on any atom is -0.478 e. The molecule has 0 aromatic heterocycles. The van der Waals surface area contributed by atoms with Crippen molar-refractivity contribution >= 4 is 37.2 Å². The van der Waals surface area contributed by atoms with Gasteiger partial charge in [-0.3, -0.25) is 4.57 Å². The van der Waals surface area contributed by atoms with E-state index in [2.05, 4.69) is 12.6 Å². The standard InChI is InChI=1S/C7H8NO5PS/c8-5-4(15)2-1-3(7(9)10)6(5)14(11,12)13/h1-2,15H,8H2,(H,9,10)(H2,11,12,13).